The van der Waals surface area contributed by atoms with Crippen molar-refractivity contribution >= 4 is 63.1 Å². The zero-order chi connectivity index (χ0) is 17.3. The number of benzene rings is 2. The van der Waals surface area contributed by atoms with Crippen LogP contribution in [0.5, 0.6) is 0 Å². The fraction of sp³-hybridized carbons (Fsp3) is 0. The average molecular weight is 474 g/mol. The number of nitrogens with zero attached hydrogens (tertiary/aromatic N) is 2. The minimum atomic E-state index is -1.09. The molecule has 0 amide bonds. The van der Waals surface area contributed by atoms with Gasteiger partial charge in [0.2, 0.25) is 0 Å². The number of anilines is 2. The summed E-state index contributed by atoms with van der Waals surface area (Å²) in [4.78, 5) is 11.5. The van der Waals surface area contributed by atoms with Crippen LogP contribution in [0.15, 0.2) is 48.8 Å². The highest BCUT2D eigenvalue weighted by Crippen LogP contribution is 2.33. The number of aromatic nitrogens is 2. The molecule has 0 radical (unpaired) electrons. The Morgan fingerprint density at radius 2 is 1.96 bits per heavy atom. The fourth-order valence-corrected chi connectivity index (χ4v) is 3.32. The number of hydrogen-bond donors (Lipinski definition) is 2. The lowest BCUT2D eigenvalue weighted by molar-refractivity contribution is 0.0698. The molecule has 1 aromatic heterocycles. The van der Waals surface area contributed by atoms with Crippen molar-refractivity contribution in [3.8, 4) is 5.69 Å². The van der Waals surface area contributed by atoms with Gasteiger partial charge >= 0.3 is 5.97 Å². The van der Waals surface area contributed by atoms with Gasteiger partial charge in [0, 0.05) is 16.0 Å². The van der Waals surface area contributed by atoms with Gasteiger partial charge in [0.25, 0.3) is 0 Å². The molecule has 0 aliphatic heterocycles. The molecule has 3 rings (SSSR count). The Bertz CT molecular complexity index is 914. The molecule has 2 N–H and O–H groups in total. The van der Waals surface area contributed by atoms with Crippen LogP contribution < -0.4 is 5.32 Å². The molecule has 0 atom stereocenters. The molecule has 2 aromatic carbocycles. The lowest BCUT2D eigenvalue weighted by Gasteiger charge is -2.14. The second kappa shape index (κ2) is 7.00. The molecule has 0 aliphatic rings. The molecule has 3 aromatic rings. The molecular formula is C16H10Cl2IN3O2. The third-order valence-electron chi connectivity index (χ3n) is 3.27. The van der Waals surface area contributed by atoms with Crippen LogP contribution in [0.1, 0.15) is 10.4 Å². The largest absolute Gasteiger partial charge is 0.478 e. The minimum absolute atomic E-state index is 0.0468. The molecular weight excluding hydrogens is 464 g/mol. The third kappa shape index (κ3) is 3.50. The molecule has 8 heteroatoms. The fourth-order valence-electron chi connectivity index (χ4n) is 2.17. The molecule has 0 aliphatic carbocycles. The van der Waals surface area contributed by atoms with Gasteiger partial charge in [-0.2, -0.15) is 5.10 Å². The van der Waals surface area contributed by atoms with Gasteiger partial charge in [-0.25, -0.2) is 9.48 Å². The number of aromatic carboxylic acids is 1. The van der Waals surface area contributed by atoms with Crippen molar-refractivity contribution < 1.29 is 9.90 Å². The summed E-state index contributed by atoms with van der Waals surface area (Å²) in [6.07, 6.45) is 3.34. The first kappa shape index (κ1) is 17.1. The van der Waals surface area contributed by atoms with E-state index in [-0.39, 0.29) is 10.6 Å². The van der Waals surface area contributed by atoms with Crippen molar-refractivity contribution in [1.82, 2.24) is 9.78 Å². The Hall–Kier alpha value is -1.77. The van der Waals surface area contributed by atoms with Gasteiger partial charge in [-0.3, -0.25) is 0 Å². The number of carboxylic acids is 1. The highest BCUT2D eigenvalue weighted by molar-refractivity contribution is 14.1. The van der Waals surface area contributed by atoms with Crippen molar-refractivity contribution in [3.05, 3.63) is 68.0 Å². The number of rotatable bonds is 4. The van der Waals surface area contributed by atoms with Gasteiger partial charge in [0.05, 0.1) is 32.7 Å². The average Bonchev–Trinajstić information content (AvgIpc) is 3.05. The van der Waals surface area contributed by atoms with Crippen molar-refractivity contribution in [3.63, 3.8) is 0 Å². The topological polar surface area (TPSA) is 67.1 Å². The standard InChI is InChI=1S/C16H10Cl2IN3O2/c17-11-6-9(19)2-3-13(11)21-14-8-15(22-5-1-4-20-22)12(18)7-10(14)16(23)24/h1-8,21H,(H,23,24). The van der Waals surface area contributed by atoms with Gasteiger partial charge in [0.1, 0.15) is 0 Å². The smallest absolute Gasteiger partial charge is 0.337 e. The summed E-state index contributed by atoms with van der Waals surface area (Å²) in [7, 11) is 0. The van der Waals surface area contributed by atoms with E-state index >= 15 is 0 Å². The molecule has 122 valence electrons. The Balaban J connectivity index is 2.10. The van der Waals surface area contributed by atoms with Crippen LogP contribution in [0.25, 0.3) is 5.69 Å². The monoisotopic (exact) mass is 473 g/mol. The SMILES string of the molecule is O=C(O)c1cc(Cl)c(-n2cccn2)cc1Nc1ccc(I)cc1Cl. The van der Waals surface area contributed by atoms with E-state index < -0.39 is 5.97 Å². The van der Waals surface area contributed by atoms with Crippen LogP contribution in [-0.2, 0) is 0 Å². The summed E-state index contributed by atoms with van der Waals surface area (Å²) in [6.45, 7) is 0. The molecule has 0 fully saturated rings. The first-order valence-electron chi connectivity index (χ1n) is 6.74. The maximum absolute atomic E-state index is 11.5. The summed E-state index contributed by atoms with van der Waals surface area (Å²) in [6, 6.07) is 10.2. The second-order valence-electron chi connectivity index (χ2n) is 4.85. The van der Waals surface area contributed by atoms with Crippen LogP contribution in [0, 0.1) is 3.57 Å². The zero-order valence-corrected chi connectivity index (χ0v) is 15.7. The lowest BCUT2D eigenvalue weighted by atomic mass is 10.1. The predicted molar refractivity (Wildman–Crippen MR) is 103 cm³/mol. The van der Waals surface area contributed by atoms with E-state index in [1.807, 2.05) is 6.07 Å². The van der Waals surface area contributed by atoms with Crippen molar-refractivity contribution in [2.45, 2.75) is 0 Å². The first-order chi connectivity index (χ1) is 11.5. The third-order valence-corrected chi connectivity index (χ3v) is 4.56. The molecule has 0 saturated carbocycles. The number of nitrogens with one attached hydrogen (secondary N) is 1. The molecule has 0 saturated heterocycles. The number of carboxylic acid groups (broad SMARTS) is 1. The summed E-state index contributed by atoms with van der Waals surface area (Å²) in [5.74, 6) is -1.09. The van der Waals surface area contributed by atoms with Gasteiger partial charge in [-0.15, -0.1) is 0 Å². The maximum atomic E-state index is 11.5. The van der Waals surface area contributed by atoms with Gasteiger partial charge in [-0.1, -0.05) is 23.2 Å². The van der Waals surface area contributed by atoms with E-state index in [0.29, 0.717) is 22.1 Å². The van der Waals surface area contributed by atoms with E-state index in [9.17, 15) is 9.90 Å². The van der Waals surface area contributed by atoms with Gasteiger partial charge in [0.15, 0.2) is 0 Å². The van der Waals surface area contributed by atoms with Gasteiger partial charge in [-0.05, 0) is 59.0 Å². The van der Waals surface area contributed by atoms with E-state index in [4.69, 9.17) is 23.2 Å². The van der Waals surface area contributed by atoms with Crippen LogP contribution in [0.4, 0.5) is 11.4 Å². The molecule has 24 heavy (non-hydrogen) atoms. The maximum Gasteiger partial charge on any atom is 0.337 e. The van der Waals surface area contributed by atoms with Crippen molar-refractivity contribution in [2.24, 2.45) is 0 Å². The molecule has 5 nitrogen and oxygen atoms in total. The number of carbonyl (C=O) groups is 1. The van der Waals surface area contributed by atoms with Crippen LogP contribution in [-0.4, -0.2) is 20.9 Å². The summed E-state index contributed by atoms with van der Waals surface area (Å²) in [5.41, 5.74) is 1.59. The van der Waals surface area contributed by atoms with Crippen LogP contribution in [0.3, 0.4) is 0 Å². The minimum Gasteiger partial charge on any atom is -0.478 e. The Morgan fingerprint density at radius 1 is 1.17 bits per heavy atom. The Morgan fingerprint density at radius 3 is 2.58 bits per heavy atom. The highest BCUT2D eigenvalue weighted by Gasteiger charge is 2.16. The van der Waals surface area contributed by atoms with Crippen LogP contribution >= 0.6 is 45.8 Å². The highest BCUT2D eigenvalue weighted by atomic mass is 127. The molecule has 0 unspecified atom stereocenters. The molecule has 1 heterocycles. The number of halogens is 3. The lowest BCUT2D eigenvalue weighted by Crippen LogP contribution is -2.06. The Kier molecular flexibility index (Phi) is 4.98. The molecule has 0 bridgehead atoms. The summed E-state index contributed by atoms with van der Waals surface area (Å²) >= 11 is 14.6. The van der Waals surface area contributed by atoms with Gasteiger partial charge < -0.3 is 10.4 Å². The number of hydrogen-bond acceptors (Lipinski definition) is 3. The quantitative estimate of drug-likeness (QED) is 0.509. The second-order valence-corrected chi connectivity index (χ2v) is 6.91. The normalized spacial score (nSPS) is 10.6. The van der Waals surface area contributed by atoms with E-state index in [0.717, 1.165) is 3.57 Å². The van der Waals surface area contributed by atoms with Crippen molar-refractivity contribution in [2.75, 3.05) is 5.32 Å². The molecule has 0 spiro atoms. The Labute approximate surface area is 161 Å². The zero-order valence-electron chi connectivity index (χ0n) is 12.0. The first-order valence-corrected chi connectivity index (χ1v) is 8.58. The van der Waals surface area contributed by atoms with Crippen LogP contribution in [0.2, 0.25) is 10.0 Å². The van der Waals surface area contributed by atoms with E-state index in [2.05, 4.69) is 33.0 Å². The van der Waals surface area contributed by atoms with E-state index in [1.54, 1.807) is 41.3 Å². The van der Waals surface area contributed by atoms with Crippen molar-refractivity contribution in [1.29, 1.82) is 0 Å². The summed E-state index contributed by atoms with van der Waals surface area (Å²) in [5, 5.41) is 17.4. The predicted octanol–water partition coefficient (Wildman–Crippen LogP) is 5.23. The summed E-state index contributed by atoms with van der Waals surface area (Å²) < 4.78 is 2.55. The van der Waals surface area contributed by atoms with E-state index in [1.165, 1.54) is 6.07 Å².